The molecule has 0 spiro atoms. The molecule has 1 nitrogen and oxygen atoms in total. The molecule has 2 aromatic carbocycles. The third kappa shape index (κ3) is 3.84. The van der Waals surface area contributed by atoms with Crippen LogP contribution in [0.3, 0.4) is 0 Å². The van der Waals surface area contributed by atoms with E-state index in [9.17, 15) is 4.39 Å². The summed E-state index contributed by atoms with van der Waals surface area (Å²) in [6, 6.07) is 13.4. The van der Waals surface area contributed by atoms with Crippen LogP contribution in [-0.4, -0.2) is 6.54 Å². The summed E-state index contributed by atoms with van der Waals surface area (Å²) in [4.78, 5) is 1.83. The van der Waals surface area contributed by atoms with Crippen LogP contribution >= 0.6 is 11.8 Å². The van der Waals surface area contributed by atoms with Gasteiger partial charge in [-0.15, -0.1) is 0 Å². The summed E-state index contributed by atoms with van der Waals surface area (Å²) < 4.78 is 14.1. The van der Waals surface area contributed by atoms with Crippen LogP contribution in [0.15, 0.2) is 52.3 Å². The molecule has 0 amide bonds. The molecule has 0 aliphatic rings. The molecule has 3 heteroatoms. The van der Waals surface area contributed by atoms with Gasteiger partial charge in [-0.05, 0) is 43.1 Å². The van der Waals surface area contributed by atoms with Gasteiger partial charge in [-0.3, -0.25) is 0 Å². The summed E-state index contributed by atoms with van der Waals surface area (Å²) in [7, 11) is 0. The Morgan fingerprint density at radius 1 is 1.10 bits per heavy atom. The molecule has 0 saturated heterocycles. The number of benzene rings is 2. The van der Waals surface area contributed by atoms with Crippen molar-refractivity contribution >= 4 is 11.8 Å². The highest BCUT2D eigenvalue weighted by atomic mass is 32.2. The molecule has 0 heterocycles. The largest absolute Gasteiger partial charge is 0.313 e. The molecule has 0 aliphatic heterocycles. The highest BCUT2D eigenvalue weighted by Crippen LogP contribution is 2.34. The van der Waals surface area contributed by atoms with E-state index in [1.807, 2.05) is 24.3 Å². The Labute approximate surface area is 124 Å². The Morgan fingerprint density at radius 2 is 1.90 bits per heavy atom. The van der Waals surface area contributed by atoms with E-state index in [0.717, 1.165) is 28.3 Å². The Bertz CT molecular complexity index is 569. The zero-order valence-corrected chi connectivity index (χ0v) is 12.8. The molecule has 0 fully saturated rings. The minimum Gasteiger partial charge on any atom is -0.313 e. The minimum absolute atomic E-state index is 0.144. The summed E-state index contributed by atoms with van der Waals surface area (Å²) in [5.74, 6) is -0.144. The highest BCUT2D eigenvalue weighted by molar-refractivity contribution is 7.99. The smallest absolute Gasteiger partial charge is 0.137 e. The van der Waals surface area contributed by atoms with Gasteiger partial charge < -0.3 is 5.32 Å². The van der Waals surface area contributed by atoms with Crippen molar-refractivity contribution in [3.8, 4) is 0 Å². The maximum absolute atomic E-state index is 14.1. The first-order chi connectivity index (χ1) is 9.72. The predicted octanol–water partition coefficient (Wildman–Crippen LogP) is 4.78. The van der Waals surface area contributed by atoms with Gasteiger partial charge in [0.25, 0.3) is 0 Å². The number of hydrogen-bond acceptors (Lipinski definition) is 2. The Morgan fingerprint density at radius 3 is 2.65 bits per heavy atom. The van der Waals surface area contributed by atoms with Crippen molar-refractivity contribution in [2.45, 2.75) is 36.6 Å². The molecule has 2 rings (SSSR count). The van der Waals surface area contributed by atoms with Crippen LogP contribution in [0.1, 0.15) is 24.5 Å². The first kappa shape index (κ1) is 15.1. The van der Waals surface area contributed by atoms with Gasteiger partial charge in [-0.1, -0.05) is 49.0 Å². The predicted molar refractivity (Wildman–Crippen MR) is 83.7 cm³/mol. The van der Waals surface area contributed by atoms with Crippen molar-refractivity contribution in [2.75, 3.05) is 6.54 Å². The van der Waals surface area contributed by atoms with Crippen molar-refractivity contribution in [3.63, 3.8) is 0 Å². The third-order valence-electron chi connectivity index (χ3n) is 3.10. The molecular weight excluding hydrogens is 269 g/mol. The average Bonchev–Trinajstić information content (AvgIpc) is 2.44. The SMILES string of the molecule is CCCNCc1cccc(F)c1Sc1ccccc1C. The number of halogens is 1. The monoisotopic (exact) mass is 289 g/mol. The van der Waals surface area contributed by atoms with Crippen LogP contribution in [0.4, 0.5) is 4.39 Å². The molecule has 106 valence electrons. The van der Waals surface area contributed by atoms with Crippen molar-refractivity contribution in [1.82, 2.24) is 5.32 Å². The summed E-state index contributed by atoms with van der Waals surface area (Å²) in [6.07, 6.45) is 1.08. The zero-order chi connectivity index (χ0) is 14.4. The molecule has 0 saturated carbocycles. The first-order valence-corrected chi connectivity index (χ1v) is 7.75. The molecule has 0 aromatic heterocycles. The molecule has 0 unspecified atom stereocenters. The lowest BCUT2D eigenvalue weighted by molar-refractivity contribution is 0.589. The van der Waals surface area contributed by atoms with E-state index >= 15 is 0 Å². The number of rotatable bonds is 6. The van der Waals surface area contributed by atoms with Crippen LogP contribution in [0, 0.1) is 12.7 Å². The van der Waals surface area contributed by atoms with Crippen molar-refractivity contribution in [1.29, 1.82) is 0 Å². The van der Waals surface area contributed by atoms with Gasteiger partial charge in [0.05, 0.1) is 4.90 Å². The van der Waals surface area contributed by atoms with E-state index in [1.165, 1.54) is 23.4 Å². The second-order valence-electron chi connectivity index (χ2n) is 4.77. The van der Waals surface area contributed by atoms with E-state index in [1.54, 1.807) is 6.07 Å². The average molecular weight is 289 g/mol. The molecule has 2 aromatic rings. The van der Waals surface area contributed by atoms with Crippen LogP contribution in [0.25, 0.3) is 0 Å². The summed E-state index contributed by atoms with van der Waals surface area (Å²) in [5, 5.41) is 3.34. The van der Waals surface area contributed by atoms with E-state index < -0.39 is 0 Å². The third-order valence-corrected chi connectivity index (χ3v) is 4.44. The van der Waals surface area contributed by atoms with Gasteiger partial charge in [0, 0.05) is 11.4 Å². The standard InChI is InChI=1S/C17H20FNS/c1-3-11-19-12-14-8-6-9-15(18)17(14)20-16-10-5-4-7-13(16)2/h4-10,19H,3,11-12H2,1-2H3. The fraction of sp³-hybridized carbons (Fsp3) is 0.294. The van der Waals surface area contributed by atoms with Crippen LogP contribution in [0.2, 0.25) is 0 Å². The lowest BCUT2D eigenvalue weighted by Crippen LogP contribution is -2.14. The Balaban J connectivity index is 2.23. The van der Waals surface area contributed by atoms with Gasteiger partial charge in [0.2, 0.25) is 0 Å². The Hall–Kier alpha value is -1.32. The molecule has 0 radical (unpaired) electrons. The van der Waals surface area contributed by atoms with Crippen molar-refractivity contribution < 1.29 is 4.39 Å². The van der Waals surface area contributed by atoms with Gasteiger partial charge in [-0.2, -0.15) is 0 Å². The van der Waals surface area contributed by atoms with Gasteiger partial charge in [0.15, 0.2) is 0 Å². The van der Waals surface area contributed by atoms with E-state index in [4.69, 9.17) is 0 Å². The van der Waals surface area contributed by atoms with Crippen LogP contribution in [0.5, 0.6) is 0 Å². The molecule has 0 bridgehead atoms. The molecular formula is C17H20FNS. The number of aryl methyl sites for hydroxylation is 1. The maximum atomic E-state index is 14.1. The Kier molecular flexibility index (Phi) is 5.62. The lowest BCUT2D eigenvalue weighted by atomic mass is 10.2. The summed E-state index contributed by atoms with van der Waals surface area (Å²) in [5.41, 5.74) is 2.19. The summed E-state index contributed by atoms with van der Waals surface area (Å²) in [6.45, 7) is 5.84. The number of hydrogen-bond donors (Lipinski definition) is 1. The summed E-state index contributed by atoms with van der Waals surface area (Å²) >= 11 is 1.51. The second kappa shape index (κ2) is 7.46. The van der Waals surface area contributed by atoms with Crippen molar-refractivity contribution in [2.24, 2.45) is 0 Å². The molecule has 0 aliphatic carbocycles. The molecule has 0 atom stereocenters. The fourth-order valence-corrected chi connectivity index (χ4v) is 3.02. The van der Waals surface area contributed by atoms with E-state index in [0.29, 0.717) is 6.54 Å². The molecule has 20 heavy (non-hydrogen) atoms. The van der Waals surface area contributed by atoms with Gasteiger partial charge in [-0.25, -0.2) is 4.39 Å². The fourth-order valence-electron chi connectivity index (χ4n) is 1.99. The van der Waals surface area contributed by atoms with Crippen LogP contribution < -0.4 is 5.32 Å². The second-order valence-corrected chi connectivity index (χ2v) is 5.82. The van der Waals surface area contributed by atoms with Crippen molar-refractivity contribution in [3.05, 3.63) is 59.4 Å². The van der Waals surface area contributed by atoms with E-state index in [-0.39, 0.29) is 5.82 Å². The lowest BCUT2D eigenvalue weighted by Gasteiger charge is -2.12. The van der Waals surface area contributed by atoms with Gasteiger partial charge in [0.1, 0.15) is 5.82 Å². The topological polar surface area (TPSA) is 12.0 Å². The first-order valence-electron chi connectivity index (χ1n) is 6.94. The molecule has 1 N–H and O–H groups in total. The maximum Gasteiger partial charge on any atom is 0.137 e. The van der Waals surface area contributed by atoms with E-state index in [2.05, 4.69) is 25.2 Å². The number of nitrogens with one attached hydrogen (secondary N) is 1. The normalized spacial score (nSPS) is 10.8. The van der Waals surface area contributed by atoms with Crippen LogP contribution in [-0.2, 0) is 6.54 Å². The van der Waals surface area contributed by atoms with Gasteiger partial charge >= 0.3 is 0 Å². The minimum atomic E-state index is -0.144. The highest BCUT2D eigenvalue weighted by Gasteiger charge is 2.11. The quantitative estimate of drug-likeness (QED) is 0.768. The zero-order valence-electron chi connectivity index (χ0n) is 11.9.